The van der Waals surface area contributed by atoms with Crippen molar-refractivity contribution in [2.75, 3.05) is 0 Å². The first-order valence-corrected chi connectivity index (χ1v) is 10.5. The van der Waals surface area contributed by atoms with Gasteiger partial charge in [-0.2, -0.15) is 0 Å². The number of aliphatic hydroxyl groups is 1. The molecule has 31 heavy (non-hydrogen) atoms. The van der Waals surface area contributed by atoms with Gasteiger partial charge >= 0.3 is 0 Å². The summed E-state index contributed by atoms with van der Waals surface area (Å²) in [5.74, 6) is 0.580. The number of carbonyl (C=O) groups excluding carboxylic acids is 1. The summed E-state index contributed by atoms with van der Waals surface area (Å²) < 4.78 is 0. The fourth-order valence-corrected chi connectivity index (χ4v) is 3.74. The Kier molecular flexibility index (Phi) is 10.8. The summed E-state index contributed by atoms with van der Waals surface area (Å²) in [6, 6.07) is 16.7. The molecule has 2 aromatic carbocycles. The summed E-state index contributed by atoms with van der Waals surface area (Å²) in [5, 5.41) is 10.8. The molecule has 3 rings (SSSR count). The average Bonchev–Trinajstić information content (AvgIpc) is 2.67. The van der Waals surface area contributed by atoms with Gasteiger partial charge in [0.2, 0.25) is 0 Å². The Labute approximate surface area is 200 Å². The van der Waals surface area contributed by atoms with E-state index in [1.54, 1.807) is 0 Å². The molecule has 1 N–H and O–H groups in total. The van der Waals surface area contributed by atoms with Crippen LogP contribution in [0.1, 0.15) is 63.1 Å². The third-order valence-electron chi connectivity index (χ3n) is 5.06. The van der Waals surface area contributed by atoms with Gasteiger partial charge in [0.15, 0.2) is 5.78 Å². The minimum absolute atomic E-state index is 0. The van der Waals surface area contributed by atoms with Crippen molar-refractivity contribution in [3.8, 4) is 11.3 Å². The second kappa shape index (κ2) is 12.5. The van der Waals surface area contributed by atoms with E-state index < -0.39 is 0 Å². The Morgan fingerprint density at radius 1 is 1.10 bits per heavy atom. The van der Waals surface area contributed by atoms with Crippen LogP contribution in [-0.2, 0) is 24.9 Å². The first-order valence-electron chi connectivity index (χ1n) is 10.5. The molecule has 0 saturated heterocycles. The van der Waals surface area contributed by atoms with Gasteiger partial charge in [-0.05, 0) is 60.7 Å². The maximum absolute atomic E-state index is 10.0. The van der Waals surface area contributed by atoms with Crippen LogP contribution in [0.25, 0.3) is 22.0 Å². The van der Waals surface area contributed by atoms with E-state index in [1.807, 2.05) is 6.20 Å². The third-order valence-corrected chi connectivity index (χ3v) is 5.06. The second-order valence-corrected chi connectivity index (χ2v) is 7.80. The van der Waals surface area contributed by atoms with Crippen LogP contribution in [0.3, 0.4) is 0 Å². The Hall–Kier alpha value is -2.29. The molecule has 0 aliphatic rings. The van der Waals surface area contributed by atoms with E-state index in [1.165, 1.54) is 54.7 Å². The summed E-state index contributed by atoms with van der Waals surface area (Å²) in [6.45, 7) is 11.6. The van der Waals surface area contributed by atoms with Crippen LogP contribution in [-0.4, -0.2) is 15.9 Å². The van der Waals surface area contributed by atoms with E-state index in [2.05, 4.69) is 75.1 Å². The van der Waals surface area contributed by atoms with Crippen molar-refractivity contribution in [2.45, 2.75) is 60.3 Å². The first-order chi connectivity index (χ1) is 14.2. The van der Waals surface area contributed by atoms with Crippen molar-refractivity contribution in [2.24, 2.45) is 0 Å². The Morgan fingerprint density at radius 2 is 1.77 bits per heavy atom. The maximum Gasteiger partial charge on any atom is 0.155 e. The van der Waals surface area contributed by atoms with Crippen molar-refractivity contribution in [3.05, 3.63) is 77.2 Å². The van der Waals surface area contributed by atoms with Gasteiger partial charge in [-0.15, -0.1) is 34.9 Å². The van der Waals surface area contributed by atoms with Crippen LogP contribution < -0.4 is 0 Å². The van der Waals surface area contributed by atoms with Crippen LogP contribution in [0.2, 0.25) is 0 Å². The number of fused-ring (bicyclic) bond motifs is 1. The topological polar surface area (TPSA) is 50.2 Å². The monoisotopic (exact) mass is 595 g/mol. The Morgan fingerprint density at radius 3 is 2.29 bits per heavy atom. The molecular formula is C27H32IrNO2-. The zero-order valence-corrected chi connectivity index (χ0v) is 21.6. The first kappa shape index (κ1) is 26.7. The van der Waals surface area contributed by atoms with E-state index in [0.29, 0.717) is 5.92 Å². The van der Waals surface area contributed by atoms with Crippen molar-refractivity contribution in [1.29, 1.82) is 0 Å². The molecular weight excluding hydrogens is 563 g/mol. The number of carbonyl (C=O) groups is 1. The predicted molar refractivity (Wildman–Crippen MR) is 126 cm³/mol. The molecule has 0 aliphatic heterocycles. The normalized spacial score (nSPS) is 11.0. The summed E-state index contributed by atoms with van der Waals surface area (Å²) in [6.07, 6.45) is 5.45. The molecule has 0 amide bonds. The molecule has 0 atom stereocenters. The quantitative estimate of drug-likeness (QED) is 0.192. The number of pyridine rings is 1. The van der Waals surface area contributed by atoms with Crippen LogP contribution in [0.15, 0.2) is 54.4 Å². The molecule has 1 aromatic heterocycles. The van der Waals surface area contributed by atoms with Gasteiger partial charge in [0.25, 0.3) is 0 Å². The smallest absolute Gasteiger partial charge is 0.155 e. The van der Waals surface area contributed by atoms with Gasteiger partial charge in [-0.25, -0.2) is 0 Å². The molecule has 1 radical (unpaired) electrons. The van der Waals surface area contributed by atoms with Crippen molar-refractivity contribution >= 4 is 16.6 Å². The molecule has 0 unspecified atom stereocenters. The van der Waals surface area contributed by atoms with Crippen molar-refractivity contribution < 1.29 is 30.0 Å². The maximum atomic E-state index is 10.0. The van der Waals surface area contributed by atoms with Gasteiger partial charge in [-0.3, -0.25) is 4.79 Å². The summed E-state index contributed by atoms with van der Waals surface area (Å²) >= 11 is 0. The van der Waals surface area contributed by atoms with Gasteiger partial charge in [-0.1, -0.05) is 45.9 Å². The van der Waals surface area contributed by atoms with Gasteiger partial charge in [0.1, 0.15) is 0 Å². The van der Waals surface area contributed by atoms with Crippen LogP contribution in [0.4, 0.5) is 0 Å². The zero-order chi connectivity index (χ0) is 22.3. The number of nitrogens with zero attached hydrogens (tertiary/aromatic N) is 1. The fraction of sp³-hybridized carbons (Fsp3) is 0.333. The number of benzene rings is 2. The van der Waals surface area contributed by atoms with E-state index in [0.717, 1.165) is 16.8 Å². The summed E-state index contributed by atoms with van der Waals surface area (Å²) in [5.41, 5.74) is 5.97. The largest absolute Gasteiger partial charge is 0.512 e. The molecule has 0 bridgehead atoms. The molecule has 0 spiro atoms. The Bertz CT molecular complexity index is 1030. The minimum Gasteiger partial charge on any atom is -0.512 e. The third kappa shape index (κ3) is 7.72. The fourth-order valence-electron chi connectivity index (χ4n) is 3.74. The van der Waals surface area contributed by atoms with Crippen molar-refractivity contribution in [3.63, 3.8) is 0 Å². The predicted octanol–water partition coefficient (Wildman–Crippen LogP) is 7.26. The number of hydrogen-bond donors (Lipinski definition) is 1. The average molecular weight is 595 g/mol. The summed E-state index contributed by atoms with van der Waals surface area (Å²) in [4.78, 5) is 14.7. The van der Waals surface area contributed by atoms with E-state index in [4.69, 9.17) is 5.11 Å². The Balaban J connectivity index is 0.000000523. The number of aromatic nitrogens is 1. The molecule has 1 heterocycles. The van der Waals surface area contributed by atoms with Gasteiger partial charge in [0, 0.05) is 32.4 Å². The number of rotatable bonds is 5. The van der Waals surface area contributed by atoms with E-state index >= 15 is 0 Å². The van der Waals surface area contributed by atoms with Crippen LogP contribution in [0, 0.1) is 19.9 Å². The number of aryl methyl sites for hydroxylation is 2. The van der Waals surface area contributed by atoms with E-state index in [9.17, 15) is 4.79 Å². The summed E-state index contributed by atoms with van der Waals surface area (Å²) in [7, 11) is 0. The van der Waals surface area contributed by atoms with Crippen molar-refractivity contribution in [1.82, 2.24) is 4.98 Å². The minimum atomic E-state index is -0.125. The SMILES string of the molecule is CC(=O)/C=C(/C)O.CCC(CC)c1ccc2c(-c3[c-]c(C)cc(C)c3)nccc2c1.[Ir]. The molecule has 3 nitrogen and oxygen atoms in total. The number of aliphatic hydroxyl groups excluding tert-OH is 1. The molecule has 0 saturated carbocycles. The van der Waals surface area contributed by atoms with Gasteiger partial charge in [0.05, 0.1) is 5.76 Å². The number of allylic oxidation sites excluding steroid dienone is 2. The molecule has 3 aromatic rings. The number of ketones is 1. The zero-order valence-electron chi connectivity index (χ0n) is 19.2. The molecule has 4 heteroatoms. The molecule has 167 valence electrons. The van der Waals surface area contributed by atoms with Gasteiger partial charge < -0.3 is 10.1 Å². The number of hydrogen-bond acceptors (Lipinski definition) is 3. The van der Waals surface area contributed by atoms with E-state index in [-0.39, 0.29) is 31.6 Å². The molecule has 0 aliphatic carbocycles. The van der Waals surface area contributed by atoms with Crippen LogP contribution >= 0.6 is 0 Å². The second-order valence-electron chi connectivity index (χ2n) is 7.80. The van der Waals surface area contributed by atoms with Crippen LogP contribution in [0.5, 0.6) is 0 Å². The molecule has 0 fully saturated rings. The standard InChI is InChI=1S/C22H24N.C5H8O2.Ir/c1-5-17(6-2)18-7-8-21-19(14-18)9-10-23-22(21)20-12-15(3)11-16(4)13-20;1-4(6)3-5(2)7;/h7-12,14,17H,5-6H2,1-4H3;3,6H,1-2H3;/q-1;;/b;4-3-;.